The van der Waals surface area contributed by atoms with E-state index >= 15 is 0 Å². The Hall–Kier alpha value is -2.57. The normalized spacial score (nSPS) is 17.6. The van der Waals surface area contributed by atoms with E-state index in [9.17, 15) is 4.79 Å². The molecule has 7 heteroatoms. The van der Waals surface area contributed by atoms with Crippen LogP contribution >= 0.6 is 0 Å². The zero-order valence-corrected chi connectivity index (χ0v) is 14.1. The number of hydrogen-bond donors (Lipinski definition) is 0. The Balaban J connectivity index is 1.67. The van der Waals surface area contributed by atoms with Crippen molar-refractivity contribution in [2.45, 2.75) is 19.3 Å². The molecule has 1 aliphatic rings. The Labute approximate surface area is 141 Å². The lowest BCUT2D eigenvalue weighted by atomic mass is 9.93. The van der Waals surface area contributed by atoms with Crippen molar-refractivity contribution in [2.75, 3.05) is 32.1 Å². The average Bonchev–Trinajstić information content (AvgIpc) is 2.62. The van der Waals surface area contributed by atoms with Gasteiger partial charge in [-0.3, -0.25) is 4.79 Å². The number of aromatic nitrogens is 4. The maximum absolute atomic E-state index is 12.0. The van der Waals surface area contributed by atoms with Crippen LogP contribution in [0.2, 0.25) is 0 Å². The molecule has 24 heavy (non-hydrogen) atoms. The highest BCUT2D eigenvalue weighted by molar-refractivity contribution is 5.91. The van der Waals surface area contributed by atoms with E-state index in [0.29, 0.717) is 11.6 Å². The van der Waals surface area contributed by atoms with Crippen LogP contribution in [0.4, 0.5) is 5.95 Å². The molecular weight excluding hydrogens is 304 g/mol. The highest BCUT2D eigenvalue weighted by atomic mass is 16.2. The molecule has 0 spiro atoms. The van der Waals surface area contributed by atoms with E-state index < -0.39 is 0 Å². The van der Waals surface area contributed by atoms with Crippen molar-refractivity contribution < 1.29 is 4.79 Å². The van der Waals surface area contributed by atoms with Gasteiger partial charge in [-0.2, -0.15) is 0 Å². The Morgan fingerprint density at radius 3 is 2.79 bits per heavy atom. The molecule has 0 bridgehead atoms. The summed E-state index contributed by atoms with van der Waals surface area (Å²) in [5, 5.41) is 0. The van der Waals surface area contributed by atoms with Crippen LogP contribution in [-0.2, 0) is 6.42 Å². The van der Waals surface area contributed by atoms with Gasteiger partial charge in [-0.1, -0.05) is 0 Å². The summed E-state index contributed by atoms with van der Waals surface area (Å²) in [6.45, 7) is 1.89. The molecule has 1 amide bonds. The highest BCUT2D eigenvalue weighted by Gasteiger charge is 2.22. The Morgan fingerprint density at radius 2 is 2.04 bits per heavy atom. The van der Waals surface area contributed by atoms with Gasteiger partial charge in [0.05, 0.1) is 0 Å². The van der Waals surface area contributed by atoms with Crippen LogP contribution in [0.5, 0.6) is 0 Å². The zero-order chi connectivity index (χ0) is 16.9. The second-order valence-corrected chi connectivity index (χ2v) is 6.30. The van der Waals surface area contributed by atoms with E-state index in [1.54, 1.807) is 32.6 Å². The van der Waals surface area contributed by atoms with Gasteiger partial charge in [-0.05, 0) is 37.3 Å². The van der Waals surface area contributed by atoms with Crippen LogP contribution in [0.15, 0.2) is 30.9 Å². The number of carbonyl (C=O) groups excluding carboxylic acids is 1. The van der Waals surface area contributed by atoms with Crippen molar-refractivity contribution in [1.29, 1.82) is 0 Å². The molecule has 1 saturated heterocycles. The summed E-state index contributed by atoms with van der Waals surface area (Å²) in [6.07, 6.45) is 8.11. The third-order valence-corrected chi connectivity index (χ3v) is 4.20. The number of carbonyl (C=O) groups is 1. The molecule has 0 aliphatic carbocycles. The fourth-order valence-electron chi connectivity index (χ4n) is 3.02. The summed E-state index contributed by atoms with van der Waals surface area (Å²) < 4.78 is 0. The fourth-order valence-corrected chi connectivity index (χ4v) is 3.02. The predicted octanol–water partition coefficient (Wildman–Crippen LogP) is 1.43. The number of amides is 1. The van der Waals surface area contributed by atoms with Gasteiger partial charge in [0.15, 0.2) is 0 Å². The smallest absolute Gasteiger partial charge is 0.272 e. The fraction of sp³-hybridized carbons (Fsp3) is 0.471. The summed E-state index contributed by atoms with van der Waals surface area (Å²) in [4.78, 5) is 32.9. The van der Waals surface area contributed by atoms with Crippen LogP contribution in [0.1, 0.15) is 29.0 Å². The van der Waals surface area contributed by atoms with E-state index in [1.807, 2.05) is 6.07 Å². The van der Waals surface area contributed by atoms with Crippen molar-refractivity contribution in [2.24, 2.45) is 5.92 Å². The molecule has 7 nitrogen and oxygen atoms in total. The molecule has 0 N–H and O–H groups in total. The minimum absolute atomic E-state index is 0.0957. The number of hydrogen-bond acceptors (Lipinski definition) is 6. The summed E-state index contributed by atoms with van der Waals surface area (Å²) in [6, 6.07) is 3.63. The quantitative estimate of drug-likeness (QED) is 0.846. The molecule has 1 fully saturated rings. The predicted molar refractivity (Wildman–Crippen MR) is 90.7 cm³/mol. The minimum atomic E-state index is -0.0957. The van der Waals surface area contributed by atoms with Gasteiger partial charge < -0.3 is 9.80 Å². The first-order valence-electron chi connectivity index (χ1n) is 8.18. The van der Waals surface area contributed by atoms with Crippen molar-refractivity contribution in [3.8, 4) is 0 Å². The highest BCUT2D eigenvalue weighted by Crippen LogP contribution is 2.22. The third-order valence-electron chi connectivity index (χ3n) is 4.20. The summed E-state index contributed by atoms with van der Waals surface area (Å²) in [5.74, 6) is 1.16. The van der Waals surface area contributed by atoms with Crippen molar-refractivity contribution in [3.63, 3.8) is 0 Å². The van der Waals surface area contributed by atoms with Gasteiger partial charge in [0.1, 0.15) is 12.0 Å². The number of piperidine rings is 1. The van der Waals surface area contributed by atoms with E-state index in [-0.39, 0.29) is 5.91 Å². The largest absolute Gasteiger partial charge is 0.343 e. The average molecular weight is 326 g/mol. The number of rotatable bonds is 4. The first-order chi connectivity index (χ1) is 11.6. The lowest BCUT2D eigenvalue weighted by Gasteiger charge is -2.32. The molecule has 3 rings (SSSR count). The zero-order valence-electron chi connectivity index (χ0n) is 14.1. The second kappa shape index (κ2) is 7.33. The molecule has 1 atom stereocenters. The van der Waals surface area contributed by atoms with Gasteiger partial charge in [0, 0.05) is 45.3 Å². The molecule has 0 unspecified atom stereocenters. The molecule has 1 aliphatic heterocycles. The molecular formula is C17H22N6O. The summed E-state index contributed by atoms with van der Waals surface area (Å²) >= 11 is 0. The second-order valence-electron chi connectivity index (χ2n) is 6.30. The van der Waals surface area contributed by atoms with Gasteiger partial charge in [0.25, 0.3) is 5.91 Å². The lowest BCUT2D eigenvalue weighted by Crippen LogP contribution is -2.37. The monoisotopic (exact) mass is 326 g/mol. The van der Waals surface area contributed by atoms with E-state index in [4.69, 9.17) is 0 Å². The number of nitrogens with zero attached hydrogens (tertiary/aromatic N) is 6. The van der Waals surface area contributed by atoms with Gasteiger partial charge in [0.2, 0.25) is 5.95 Å². The Morgan fingerprint density at radius 1 is 1.25 bits per heavy atom. The maximum Gasteiger partial charge on any atom is 0.272 e. The standard InChI is InChI=1S/C17H22N6O/c1-22(2)16(24)15-10-14(20-12-21-15)9-13-5-3-8-23(11-13)17-18-6-4-7-19-17/h4,6-7,10,12-13H,3,5,8-9,11H2,1-2H3/t13-/m1/s1. The molecule has 2 aromatic heterocycles. The van der Waals surface area contributed by atoms with E-state index in [1.165, 1.54) is 11.2 Å². The molecule has 3 heterocycles. The molecule has 126 valence electrons. The summed E-state index contributed by atoms with van der Waals surface area (Å²) in [7, 11) is 3.45. The van der Waals surface area contributed by atoms with Crippen LogP contribution < -0.4 is 4.90 Å². The van der Waals surface area contributed by atoms with Crippen LogP contribution in [0.25, 0.3) is 0 Å². The number of anilines is 1. The van der Waals surface area contributed by atoms with Crippen LogP contribution in [0, 0.1) is 5.92 Å². The Bertz CT molecular complexity index is 690. The third kappa shape index (κ3) is 3.84. The Kier molecular flexibility index (Phi) is 4.98. The molecule has 0 radical (unpaired) electrons. The van der Waals surface area contributed by atoms with Crippen LogP contribution in [0.3, 0.4) is 0 Å². The first-order valence-corrected chi connectivity index (χ1v) is 8.18. The van der Waals surface area contributed by atoms with Crippen molar-refractivity contribution in [1.82, 2.24) is 24.8 Å². The SMILES string of the molecule is CN(C)C(=O)c1cc(C[C@H]2CCCN(c3ncccn3)C2)ncn1. The van der Waals surface area contributed by atoms with Crippen molar-refractivity contribution >= 4 is 11.9 Å². The lowest BCUT2D eigenvalue weighted by molar-refractivity contribution is 0.0821. The summed E-state index contributed by atoms with van der Waals surface area (Å²) in [5.41, 5.74) is 1.36. The molecule has 0 aromatic carbocycles. The maximum atomic E-state index is 12.0. The van der Waals surface area contributed by atoms with Gasteiger partial charge in [-0.15, -0.1) is 0 Å². The first kappa shape index (κ1) is 16.3. The van der Waals surface area contributed by atoms with E-state index in [0.717, 1.165) is 44.0 Å². The topological polar surface area (TPSA) is 75.1 Å². The van der Waals surface area contributed by atoms with Gasteiger partial charge in [-0.25, -0.2) is 19.9 Å². The molecule has 2 aromatic rings. The van der Waals surface area contributed by atoms with Crippen LogP contribution in [-0.4, -0.2) is 57.9 Å². The van der Waals surface area contributed by atoms with Crippen molar-refractivity contribution in [3.05, 3.63) is 42.2 Å². The minimum Gasteiger partial charge on any atom is -0.343 e. The molecule has 0 saturated carbocycles. The van der Waals surface area contributed by atoms with Gasteiger partial charge >= 0.3 is 0 Å². The van der Waals surface area contributed by atoms with E-state index in [2.05, 4.69) is 24.8 Å².